The molecule has 244 valence electrons. The van der Waals surface area contributed by atoms with Crippen molar-refractivity contribution in [3.05, 3.63) is 47.6 Å². The van der Waals surface area contributed by atoms with Gasteiger partial charge in [0.05, 0.1) is 6.04 Å². The Hall–Kier alpha value is -4.22. The highest BCUT2D eigenvalue weighted by molar-refractivity contribution is 6.02. The maximum Gasteiger partial charge on any atom is 0.331 e. The summed E-state index contributed by atoms with van der Waals surface area (Å²) in [7, 11) is 0. The van der Waals surface area contributed by atoms with Crippen molar-refractivity contribution >= 4 is 35.7 Å². The van der Waals surface area contributed by atoms with Gasteiger partial charge < -0.3 is 29.9 Å². The zero-order valence-electron chi connectivity index (χ0n) is 26.1. The van der Waals surface area contributed by atoms with E-state index in [4.69, 9.17) is 4.74 Å². The molecule has 2 heterocycles. The van der Waals surface area contributed by atoms with Crippen LogP contribution in [0.4, 0.5) is 0 Å². The molecule has 2 aliphatic carbocycles. The molecule has 2 amide bonds. The van der Waals surface area contributed by atoms with E-state index >= 15 is 0 Å². The molecule has 4 aliphatic rings. The van der Waals surface area contributed by atoms with Crippen molar-refractivity contribution in [2.24, 2.45) is 16.7 Å². The van der Waals surface area contributed by atoms with E-state index in [1.807, 2.05) is 33.8 Å². The van der Waals surface area contributed by atoms with Crippen molar-refractivity contribution < 1.29 is 48.8 Å². The highest BCUT2D eigenvalue weighted by Crippen LogP contribution is 2.62. The minimum atomic E-state index is -1.46. The fourth-order valence-electron chi connectivity index (χ4n) is 8.24. The number of carbonyl (C=O) groups is 6. The van der Waals surface area contributed by atoms with Gasteiger partial charge in [-0.2, -0.15) is 0 Å². The summed E-state index contributed by atoms with van der Waals surface area (Å²) >= 11 is 0. The Balaban J connectivity index is 1.90. The van der Waals surface area contributed by atoms with Crippen LogP contribution in [-0.4, -0.2) is 91.6 Å². The number of carboxylic acid groups (broad SMARTS) is 3. The quantitative estimate of drug-likeness (QED) is 0.175. The molecule has 12 nitrogen and oxygen atoms in total. The maximum absolute atomic E-state index is 14.3. The summed E-state index contributed by atoms with van der Waals surface area (Å²) in [5.74, 6) is -6.09. The Morgan fingerprint density at radius 2 is 1.71 bits per heavy atom. The Morgan fingerprint density at radius 1 is 1.02 bits per heavy atom. The fraction of sp³-hybridized carbons (Fsp3) is 0.576. The van der Waals surface area contributed by atoms with Crippen molar-refractivity contribution in [1.29, 1.82) is 0 Å². The summed E-state index contributed by atoms with van der Waals surface area (Å²) in [5, 5.41) is 29.5. The van der Waals surface area contributed by atoms with Gasteiger partial charge in [0.1, 0.15) is 18.2 Å². The van der Waals surface area contributed by atoms with Gasteiger partial charge in [-0.05, 0) is 43.6 Å². The molecule has 3 N–H and O–H groups in total. The van der Waals surface area contributed by atoms with Crippen molar-refractivity contribution in [3.8, 4) is 0 Å². The smallest absolute Gasteiger partial charge is 0.331 e. The lowest BCUT2D eigenvalue weighted by Crippen LogP contribution is -2.64. The minimum Gasteiger partial charge on any atom is -0.481 e. The number of allylic oxidation sites excluding steroid dienone is 5. The molecule has 0 bridgehead atoms. The fourth-order valence-corrected chi connectivity index (χ4v) is 8.24. The van der Waals surface area contributed by atoms with Crippen molar-refractivity contribution in [1.82, 2.24) is 9.80 Å². The van der Waals surface area contributed by atoms with Gasteiger partial charge in [-0.15, -0.1) is 0 Å². The van der Waals surface area contributed by atoms with E-state index in [0.29, 0.717) is 24.0 Å². The molecule has 0 aromatic carbocycles. The van der Waals surface area contributed by atoms with Gasteiger partial charge in [-0.1, -0.05) is 57.6 Å². The lowest BCUT2D eigenvalue weighted by Gasteiger charge is -2.58. The van der Waals surface area contributed by atoms with Crippen LogP contribution >= 0.6 is 0 Å². The molecule has 1 saturated heterocycles. The summed E-state index contributed by atoms with van der Waals surface area (Å²) in [5.41, 5.74) is -0.770. The van der Waals surface area contributed by atoms with E-state index in [2.05, 4.69) is 0 Å². The first-order valence-electron chi connectivity index (χ1n) is 15.4. The highest BCUT2D eigenvalue weighted by atomic mass is 16.5. The van der Waals surface area contributed by atoms with Gasteiger partial charge in [-0.3, -0.25) is 14.4 Å². The van der Waals surface area contributed by atoms with E-state index in [-0.39, 0.29) is 25.8 Å². The molecule has 2 fully saturated rings. The molecule has 0 aromatic rings. The van der Waals surface area contributed by atoms with Crippen LogP contribution in [0, 0.1) is 16.7 Å². The number of ether oxygens (including phenoxy) is 1. The van der Waals surface area contributed by atoms with Crippen molar-refractivity contribution in [2.75, 3.05) is 6.54 Å². The van der Waals surface area contributed by atoms with Gasteiger partial charge in [0.2, 0.25) is 5.91 Å². The number of rotatable bonds is 11. The molecule has 0 unspecified atom stereocenters. The van der Waals surface area contributed by atoms with Crippen LogP contribution in [0.1, 0.15) is 72.6 Å². The summed E-state index contributed by atoms with van der Waals surface area (Å²) < 4.78 is 6.21. The molecule has 2 aliphatic heterocycles. The number of carbonyl (C=O) groups excluding carboxylic acids is 3. The number of likely N-dealkylation sites (tertiary alicyclic amines) is 1. The van der Waals surface area contributed by atoms with Gasteiger partial charge in [0, 0.05) is 42.4 Å². The molecule has 0 spiro atoms. The molecule has 12 heteroatoms. The van der Waals surface area contributed by atoms with Crippen LogP contribution in [0.2, 0.25) is 0 Å². The summed E-state index contributed by atoms with van der Waals surface area (Å²) in [4.78, 5) is 79.7. The Bertz CT molecular complexity index is 1390. The first-order valence-corrected chi connectivity index (χ1v) is 15.4. The Kier molecular flexibility index (Phi) is 9.74. The van der Waals surface area contributed by atoms with Crippen LogP contribution < -0.4 is 0 Å². The lowest BCUT2D eigenvalue weighted by molar-refractivity contribution is -0.171. The third kappa shape index (κ3) is 6.32. The summed E-state index contributed by atoms with van der Waals surface area (Å²) in [6.45, 7) is 7.48. The van der Waals surface area contributed by atoms with Crippen molar-refractivity contribution in [3.63, 3.8) is 0 Å². The molecule has 0 aromatic heterocycles. The molecule has 45 heavy (non-hydrogen) atoms. The average Bonchev–Trinajstić information content (AvgIpc) is 3.48. The average molecular weight is 627 g/mol. The van der Waals surface area contributed by atoms with E-state index in [0.717, 1.165) is 11.3 Å². The predicted octanol–water partition coefficient (Wildman–Crippen LogP) is 3.33. The molecular formula is C33H42N2O10. The second kappa shape index (κ2) is 13.0. The molecular weight excluding hydrogens is 584 g/mol. The molecule has 1 saturated carbocycles. The lowest BCUT2D eigenvalue weighted by atomic mass is 9.48. The number of carboxylic acids is 3. The van der Waals surface area contributed by atoms with Gasteiger partial charge >= 0.3 is 23.9 Å². The third-order valence-corrected chi connectivity index (χ3v) is 9.89. The standard InChI is InChI=1S/C33H42N2O10/c1-5-6-7-8-9-11-24(39)45-27-26(35-21(31(43)44)12-14-22(35)36)19-18-34(20(30(41)42)13-15-23(37)38)29(40)25(19)33(4)17-10-16-32(2,3)28(27)33/h5-9,11,20-21,26-28H,10,12-18H2,1-4H3,(H,37,38)(H,41,42)(H,43,44)/b6-5+,8-7+,11-9+/t20-,21-,26-,27-,28+,33-/m1/s1. The van der Waals surface area contributed by atoms with Crippen LogP contribution in [0.25, 0.3) is 0 Å². The topological polar surface area (TPSA) is 179 Å². The predicted molar refractivity (Wildman–Crippen MR) is 161 cm³/mol. The highest BCUT2D eigenvalue weighted by Gasteiger charge is 2.65. The van der Waals surface area contributed by atoms with Gasteiger partial charge in [0.15, 0.2) is 0 Å². The number of nitrogens with zero attached hydrogens (tertiary/aromatic N) is 2. The first kappa shape index (κ1) is 33.7. The zero-order chi connectivity index (χ0) is 33.3. The molecule has 4 rings (SSSR count). The molecule has 6 atom stereocenters. The maximum atomic E-state index is 14.3. The number of amides is 2. The van der Waals surface area contributed by atoms with E-state index in [1.54, 1.807) is 18.2 Å². The van der Waals surface area contributed by atoms with Crippen LogP contribution in [0.3, 0.4) is 0 Å². The number of hydrogen-bond acceptors (Lipinski definition) is 7. The van der Waals surface area contributed by atoms with E-state index in [1.165, 1.54) is 17.1 Å². The Labute approximate surface area is 262 Å². The van der Waals surface area contributed by atoms with Crippen LogP contribution in [0.5, 0.6) is 0 Å². The van der Waals surface area contributed by atoms with E-state index < -0.39 is 83.1 Å². The normalized spacial score (nSPS) is 30.3. The minimum absolute atomic E-state index is 0.0307. The largest absolute Gasteiger partial charge is 0.481 e. The SMILES string of the molecule is C/C=C/C=C/C=C/C(=O)O[C@@H]1[C@H](N2C(=O)CC[C@@H]2C(=O)O)C2=C(C(=O)N([C@H](CCC(=O)O)C(=O)O)C2)[C@@]2(C)CCCC(C)(C)[C@H]12. The van der Waals surface area contributed by atoms with Gasteiger partial charge in [0.25, 0.3) is 5.91 Å². The van der Waals surface area contributed by atoms with Crippen LogP contribution in [0.15, 0.2) is 47.6 Å². The molecule has 0 radical (unpaired) electrons. The third-order valence-electron chi connectivity index (χ3n) is 9.89. The van der Waals surface area contributed by atoms with Gasteiger partial charge in [-0.25, -0.2) is 14.4 Å². The second-order valence-corrected chi connectivity index (χ2v) is 13.2. The zero-order valence-corrected chi connectivity index (χ0v) is 26.1. The monoisotopic (exact) mass is 626 g/mol. The number of fused-ring (bicyclic) bond motifs is 2. The number of aliphatic carboxylic acids is 3. The second-order valence-electron chi connectivity index (χ2n) is 13.2. The number of hydrogen-bond donors (Lipinski definition) is 3. The van der Waals surface area contributed by atoms with E-state index in [9.17, 15) is 44.1 Å². The number of esters is 1. The summed E-state index contributed by atoms with van der Waals surface area (Å²) in [6.07, 6.45) is 9.82. The Morgan fingerprint density at radius 3 is 2.33 bits per heavy atom. The first-order chi connectivity index (χ1) is 21.2. The summed E-state index contributed by atoms with van der Waals surface area (Å²) in [6, 6.07) is -3.83. The van der Waals surface area contributed by atoms with Crippen molar-refractivity contribution in [2.45, 2.75) is 96.9 Å². The van der Waals surface area contributed by atoms with Crippen LogP contribution in [-0.2, 0) is 33.5 Å².